The molecular formula is C14H13BrFNO. The zero-order chi connectivity index (χ0) is 13.1. The van der Waals surface area contributed by atoms with Crippen LogP contribution in [0.1, 0.15) is 30.1 Å². The molecule has 2 nitrogen and oxygen atoms in total. The summed E-state index contributed by atoms with van der Waals surface area (Å²) >= 11 is 3.20. The van der Waals surface area contributed by atoms with E-state index in [4.69, 9.17) is 0 Å². The fourth-order valence-electron chi connectivity index (χ4n) is 1.86. The topological polar surface area (TPSA) is 33.1 Å². The SMILES string of the molecule is CC(c1ccncc1)C(O)c1ccc(Br)cc1F. The maximum absolute atomic E-state index is 13.8. The van der Waals surface area contributed by atoms with E-state index in [-0.39, 0.29) is 5.92 Å². The molecular weight excluding hydrogens is 297 g/mol. The van der Waals surface area contributed by atoms with Gasteiger partial charge in [0.25, 0.3) is 0 Å². The molecule has 94 valence electrons. The Hall–Kier alpha value is -1.26. The predicted octanol–water partition coefficient (Wildman–Crippen LogP) is 3.82. The first-order valence-electron chi connectivity index (χ1n) is 5.62. The number of aliphatic hydroxyl groups is 1. The number of hydrogen-bond donors (Lipinski definition) is 1. The number of rotatable bonds is 3. The van der Waals surface area contributed by atoms with E-state index in [1.165, 1.54) is 6.07 Å². The normalized spacial score (nSPS) is 14.2. The third kappa shape index (κ3) is 2.76. The number of aromatic nitrogens is 1. The number of nitrogens with zero attached hydrogens (tertiary/aromatic N) is 1. The van der Waals surface area contributed by atoms with E-state index < -0.39 is 11.9 Å². The lowest BCUT2D eigenvalue weighted by atomic mass is 9.91. The van der Waals surface area contributed by atoms with Gasteiger partial charge in [0, 0.05) is 28.3 Å². The first-order valence-corrected chi connectivity index (χ1v) is 6.42. The summed E-state index contributed by atoms with van der Waals surface area (Å²) in [4.78, 5) is 3.93. The van der Waals surface area contributed by atoms with Crippen molar-refractivity contribution in [2.75, 3.05) is 0 Å². The number of halogens is 2. The fourth-order valence-corrected chi connectivity index (χ4v) is 2.19. The summed E-state index contributed by atoms with van der Waals surface area (Å²) in [5, 5.41) is 10.2. The Morgan fingerprint density at radius 1 is 1.22 bits per heavy atom. The minimum Gasteiger partial charge on any atom is -0.388 e. The van der Waals surface area contributed by atoms with Gasteiger partial charge in [0.2, 0.25) is 0 Å². The Kier molecular flexibility index (Phi) is 4.09. The summed E-state index contributed by atoms with van der Waals surface area (Å²) in [5.74, 6) is -0.596. The van der Waals surface area contributed by atoms with Gasteiger partial charge in [0.1, 0.15) is 5.82 Å². The zero-order valence-corrected chi connectivity index (χ0v) is 11.4. The molecule has 1 aromatic heterocycles. The van der Waals surface area contributed by atoms with Crippen molar-refractivity contribution in [3.8, 4) is 0 Å². The van der Waals surface area contributed by atoms with E-state index in [0.29, 0.717) is 10.0 Å². The summed E-state index contributed by atoms with van der Waals surface area (Å²) in [6.45, 7) is 1.86. The molecule has 2 unspecified atom stereocenters. The Morgan fingerprint density at radius 3 is 2.50 bits per heavy atom. The molecule has 1 N–H and O–H groups in total. The summed E-state index contributed by atoms with van der Waals surface area (Å²) in [6, 6.07) is 8.33. The second-order valence-electron chi connectivity index (χ2n) is 4.18. The lowest BCUT2D eigenvalue weighted by Crippen LogP contribution is -2.09. The van der Waals surface area contributed by atoms with Crippen LogP contribution in [-0.2, 0) is 0 Å². The first kappa shape index (κ1) is 13.2. The largest absolute Gasteiger partial charge is 0.388 e. The van der Waals surface area contributed by atoms with Gasteiger partial charge in [-0.05, 0) is 29.8 Å². The third-order valence-electron chi connectivity index (χ3n) is 2.99. The molecule has 2 aromatic rings. The van der Waals surface area contributed by atoms with Gasteiger partial charge in [-0.3, -0.25) is 4.98 Å². The second-order valence-corrected chi connectivity index (χ2v) is 5.10. The van der Waals surface area contributed by atoms with Gasteiger partial charge in [-0.15, -0.1) is 0 Å². The van der Waals surface area contributed by atoms with Gasteiger partial charge in [0.05, 0.1) is 6.10 Å². The predicted molar refractivity (Wildman–Crippen MR) is 71.7 cm³/mol. The Bertz CT molecular complexity index is 533. The summed E-state index contributed by atoms with van der Waals surface area (Å²) in [5.41, 5.74) is 1.24. The van der Waals surface area contributed by atoms with Crippen molar-refractivity contribution in [3.05, 3.63) is 64.1 Å². The van der Waals surface area contributed by atoms with E-state index in [9.17, 15) is 9.50 Å². The highest BCUT2D eigenvalue weighted by molar-refractivity contribution is 9.10. The Balaban J connectivity index is 2.28. The minimum absolute atomic E-state index is 0.191. The van der Waals surface area contributed by atoms with Crippen molar-refractivity contribution in [2.45, 2.75) is 18.9 Å². The molecule has 0 aliphatic carbocycles. The first-order chi connectivity index (χ1) is 8.59. The molecule has 0 bridgehead atoms. The molecule has 2 rings (SSSR count). The van der Waals surface area contributed by atoms with Crippen LogP contribution in [0.4, 0.5) is 4.39 Å². The molecule has 1 aromatic carbocycles. The van der Waals surface area contributed by atoms with Crippen LogP contribution in [0.25, 0.3) is 0 Å². The van der Waals surface area contributed by atoms with Gasteiger partial charge in [-0.1, -0.05) is 28.9 Å². The lowest BCUT2D eigenvalue weighted by molar-refractivity contribution is 0.147. The van der Waals surface area contributed by atoms with Crippen molar-refractivity contribution in [2.24, 2.45) is 0 Å². The molecule has 0 aliphatic rings. The van der Waals surface area contributed by atoms with Crippen LogP contribution in [-0.4, -0.2) is 10.1 Å². The van der Waals surface area contributed by atoms with Crippen LogP contribution in [0.15, 0.2) is 47.2 Å². The molecule has 0 radical (unpaired) electrons. The van der Waals surface area contributed by atoms with E-state index in [2.05, 4.69) is 20.9 Å². The monoisotopic (exact) mass is 309 g/mol. The summed E-state index contributed by atoms with van der Waals surface area (Å²) < 4.78 is 14.4. The highest BCUT2D eigenvalue weighted by atomic mass is 79.9. The van der Waals surface area contributed by atoms with Gasteiger partial charge in [-0.2, -0.15) is 0 Å². The van der Waals surface area contributed by atoms with Crippen molar-refractivity contribution in [1.29, 1.82) is 0 Å². The molecule has 0 saturated heterocycles. The summed E-state index contributed by atoms with van der Waals surface area (Å²) in [7, 11) is 0. The maximum atomic E-state index is 13.8. The van der Waals surface area contributed by atoms with Crippen molar-refractivity contribution < 1.29 is 9.50 Å². The lowest BCUT2D eigenvalue weighted by Gasteiger charge is -2.20. The summed E-state index contributed by atoms with van der Waals surface area (Å²) in [6.07, 6.45) is 2.45. The maximum Gasteiger partial charge on any atom is 0.130 e. The standard InChI is InChI=1S/C14H13BrFNO/c1-9(10-4-6-17-7-5-10)14(18)12-3-2-11(15)8-13(12)16/h2-9,14,18H,1H3. The Labute approximate surface area is 114 Å². The molecule has 0 fully saturated rings. The zero-order valence-electron chi connectivity index (χ0n) is 9.85. The molecule has 1 heterocycles. The van der Waals surface area contributed by atoms with Crippen molar-refractivity contribution >= 4 is 15.9 Å². The smallest absolute Gasteiger partial charge is 0.130 e. The molecule has 2 atom stereocenters. The Morgan fingerprint density at radius 2 is 1.89 bits per heavy atom. The van der Waals surface area contributed by atoms with Crippen molar-refractivity contribution in [1.82, 2.24) is 4.98 Å². The molecule has 0 amide bonds. The fraction of sp³-hybridized carbons (Fsp3) is 0.214. The quantitative estimate of drug-likeness (QED) is 0.935. The molecule has 18 heavy (non-hydrogen) atoms. The number of benzene rings is 1. The van der Waals surface area contributed by atoms with Crippen LogP contribution in [0.5, 0.6) is 0 Å². The van der Waals surface area contributed by atoms with Crippen LogP contribution < -0.4 is 0 Å². The minimum atomic E-state index is -0.875. The van der Waals surface area contributed by atoms with Gasteiger partial charge >= 0.3 is 0 Å². The van der Waals surface area contributed by atoms with Crippen LogP contribution in [0.3, 0.4) is 0 Å². The molecule has 4 heteroatoms. The van der Waals surface area contributed by atoms with Gasteiger partial charge < -0.3 is 5.11 Å². The van der Waals surface area contributed by atoms with E-state index in [1.54, 1.807) is 24.5 Å². The average Bonchev–Trinajstić information content (AvgIpc) is 2.38. The van der Waals surface area contributed by atoms with Crippen LogP contribution in [0, 0.1) is 5.82 Å². The van der Waals surface area contributed by atoms with Crippen molar-refractivity contribution in [3.63, 3.8) is 0 Å². The van der Waals surface area contributed by atoms with Crippen LogP contribution >= 0.6 is 15.9 Å². The number of aliphatic hydroxyl groups excluding tert-OH is 1. The van der Waals surface area contributed by atoms with Gasteiger partial charge in [-0.25, -0.2) is 4.39 Å². The highest BCUT2D eigenvalue weighted by Gasteiger charge is 2.21. The van der Waals surface area contributed by atoms with E-state index >= 15 is 0 Å². The number of hydrogen-bond acceptors (Lipinski definition) is 2. The van der Waals surface area contributed by atoms with E-state index in [0.717, 1.165) is 5.56 Å². The second kappa shape index (κ2) is 5.59. The molecule has 0 aliphatic heterocycles. The molecule has 0 saturated carbocycles. The number of pyridine rings is 1. The molecule has 0 spiro atoms. The highest BCUT2D eigenvalue weighted by Crippen LogP contribution is 2.32. The van der Waals surface area contributed by atoms with Crippen LogP contribution in [0.2, 0.25) is 0 Å². The third-order valence-corrected chi connectivity index (χ3v) is 3.48. The average molecular weight is 310 g/mol. The van der Waals surface area contributed by atoms with E-state index in [1.807, 2.05) is 19.1 Å². The van der Waals surface area contributed by atoms with Gasteiger partial charge in [0.15, 0.2) is 0 Å².